The molecule has 1 aliphatic heterocycles. The van der Waals surface area contributed by atoms with Gasteiger partial charge in [-0.15, -0.1) is 0 Å². The van der Waals surface area contributed by atoms with E-state index < -0.39 is 0 Å². The van der Waals surface area contributed by atoms with E-state index in [4.69, 9.17) is 10.5 Å². The van der Waals surface area contributed by atoms with Crippen LogP contribution >= 0.6 is 0 Å². The van der Waals surface area contributed by atoms with Crippen LogP contribution < -0.4 is 19.9 Å². The van der Waals surface area contributed by atoms with Gasteiger partial charge in [-0.3, -0.25) is 0 Å². The molecule has 0 amide bonds. The Labute approximate surface area is 182 Å². The summed E-state index contributed by atoms with van der Waals surface area (Å²) in [6.45, 7) is 1.91. The van der Waals surface area contributed by atoms with Gasteiger partial charge in [-0.05, 0) is 22.4 Å². The third-order valence-corrected chi connectivity index (χ3v) is 6.05. The highest BCUT2D eigenvalue weighted by Crippen LogP contribution is 2.50. The zero-order chi connectivity index (χ0) is 21.4. The van der Waals surface area contributed by atoms with Crippen molar-refractivity contribution in [1.29, 1.82) is 0 Å². The lowest BCUT2D eigenvalue weighted by atomic mass is 9.81. The molecule has 0 spiro atoms. The molecule has 0 bridgehead atoms. The minimum Gasteiger partial charge on any atom is -0.426 e. The first-order chi connectivity index (χ1) is 15.1. The third-order valence-electron chi connectivity index (χ3n) is 6.05. The summed E-state index contributed by atoms with van der Waals surface area (Å²) in [5.41, 5.74) is 10.1. The molecular formula is C26H28N4O+2. The number of nitrogen functional groups attached to an aromatic ring is 1. The molecule has 4 aromatic rings. The number of ether oxygens (including phenoxy) is 1. The number of rotatable bonds is 5. The highest BCUT2D eigenvalue weighted by atomic mass is 16.5. The van der Waals surface area contributed by atoms with E-state index >= 15 is 0 Å². The maximum absolute atomic E-state index is 6.79. The number of nitrogens with zero attached hydrogens (tertiary/aromatic N) is 2. The van der Waals surface area contributed by atoms with E-state index in [2.05, 4.69) is 84.3 Å². The Morgan fingerprint density at radius 2 is 1.74 bits per heavy atom. The van der Waals surface area contributed by atoms with Crippen molar-refractivity contribution in [1.82, 2.24) is 4.98 Å². The molecule has 3 aromatic carbocycles. The molecule has 5 rings (SSSR count). The van der Waals surface area contributed by atoms with E-state index in [9.17, 15) is 0 Å². The van der Waals surface area contributed by atoms with Gasteiger partial charge in [0.1, 0.15) is 11.3 Å². The van der Waals surface area contributed by atoms with Crippen LogP contribution in [0.15, 0.2) is 73.1 Å². The number of hydrogen-bond donors (Lipinski definition) is 2. The van der Waals surface area contributed by atoms with Crippen molar-refractivity contribution >= 4 is 16.6 Å². The van der Waals surface area contributed by atoms with Gasteiger partial charge in [0.15, 0.2) is 0 Å². The molecule has 0 saturated carbocycles. The minimum atomic E-state index is -0.0366. The number of aryl methyl sites for hydroxylation is 1. The van der Waals surface area contributed by atoms with Gasteiger partial charge >= 0.3 is 5.88 Å². The van der Waals surface area contributed by atoms with Gasteiger partial charge in [0.2, 0.25) is 12.1 Å². The average molecular weight is 413 g/mol. The number of aromatic nitrogens is 2. The second-order valence-electron chi connectivity index (χ2n) is 8.50. The SMILES string of the molecule is C[NH+](C)CCC[n+]1cnc2c(c1N)[C@H](c1ccccc1)c1c(ccc3ccccc13)O2. The van der Waals surface area contributed by atoms with Crippen molar-refractivity contribution in [3.8, 4) is 11.6 Å². The summed E-state index contributed by atoms with van der Waals surface area (Å²) >= 11 is 0. The maximum atomic E-state index is 6.79. The summed E-state index contributed by atoms with van der Waals surface area (Å²) in [5.74, 6) is 2.14. The van der Waals surface area contributed by atoms with Crippen LogP contribution in [0, 0.1) is 0 Å². The molecule has 2 heterocycles. The third kappa shape index (κ3) is 3.51. The van der Waals surface area contributed by atoms with Crippen LogP contribution in [-0.4, -0.2) is 25.6 Å². The van der Waals surface area contributed by atoms with E-state index in [0.717, 1.165) is 42.2 Å². The smallest absolute Gasteiger partial charge is 0.306 e. The first kappa shape index (κ1) is 19.5. The number of anilines is 1. The summed E-state index contributed by atoms with van der Waals surface area (Å²) in [6, 6.07) is 23.1. The molecule has 5 heteroatoms. The standard InChI is InChI=1S/C26H26N4O/c1-29(2)15-8-16-30-17-28-26-24(25(30)27)22(19-10-4-3-5-11-19)23-20-12-7-6-9-18(20)13-14-21(23)31-26/h3-7,9-14,17,22,27H,8,15-16H2,1-2H3/p+2/t22-/m1/s1. The van der Waals surface area contributed by atoms with Gasteiger partial charge < -0.3 is 15.4 Å². The van der Waals surface area contributed by atoms with Crippen molar-refractivity contribution in [3.63, 3.8) is 0 Å². The van der Waals surface area contributed by atoms with Crippen LogP contribution in [0.2, 0.25) is 0 Å². The van der Waals surface area contributed by atoms with Crippen molar-refractivity contribution in [2.75, 3.05) is 26.4 Å². The van der Waals surface area contributed by atoms with E-state index in [-0.39, 0.29) is 5.92 Å². The molecule has 3 N–H and O–H groups in total. The lowest BCUT2D eigenvalue weighted by Crippen LogP contribution is -3.05. The highest BCUT2D eigenvalue weighted by Gasteiger charge is 2.37. The Hall–Kier alpha value is -3.44. The Bertz CT molecular complexity index is 1240. The van der Waals surface area contributed by atoms with Gasteiger partial charge in [-0.2, -0.15) is 0 Å². The Kier molecular flexibility index (Phi) is 5.04. The number of hydrogen-bond acceptors (Lipinski definition) is 3. The summed E-state index contributed by atoms with van der Waals surface area (Å²) in [6.07, 6.45) is 2.85. The Morgan fingerprint density at radius 1 is 0.968 bits per heavy atom. The number of fused-ring (bicyclic) bond motifs is 4. The zero-order valence-electron chi connectivity index (χ0n) is 18.0. The summed E-state index contributed by atoms with van der Waals surface area (Å²) in [5, 5.41) is 2.38. The quantitative estimate of drug-likeness (QED) is 0.437. The second kappa shape index (κ2) is 8.00. The fourth-order valence-electron chi connectivity index (χ4n) is 4.54. The first-order valence-corrected chi connectivity index (χ1v) is 10.8. The molecule has 156 valence electrons. The van der Waals surface area contributed by atoms with Gasteiger partial charge in [0, 0.05) is 12.0 Å². The van der Waals surface area contributed by atoms with Crippen LogP contribution in [0.25, 0.3) is 10.8 Å². The van der Waals surface area contributed by atoms with Crippen LogP contribution in [0.1, 0.15) is 29.0 Å². The molecule has 0 aliphatic carbocycles. The van der Waals surface area contributed by atoms with Crippen molar-refractivity contribution in [2.24, 2.45) is 0 Å². The predicted octanol–water partition coefficient (Wildman–Crippen LogP) is 2.93. The van der Waals surface area contributed by atoms with Crippen molar-refractivity contribution in [3.05, 3.63) is 89.7 Å². The lowest BCUT2D eigenvalue weighted by molar-refractivity contribution is -0.861. The van der Waals surface area contributed by atoms with Crippen LogP contribution in [-0.2, 0) is 6.54 Å². The van der Waals surface area contributed by atoms with E-state index in [1.165, 1.54) is 21.2 Å². The highest BCUT2D eigenvalue weighted by molar-refractivity contribution is 5.90. The van der Waals surface area contributed by atoms with Crippen LogP contribution in [0.5, 0.6) is 11.6 Å². The molecule has 1 aliphatic rings. The number of quaternary nitrogens is 1. The van der Waals surface area contributed by atoms with Gasteiger partial charge in [-0.25, -0.2) is 4.57 Å². The zero-order valence-corrected chi connectivity index (χ0v) is 18.0. The molecule has 1 aromatic heterocycles. The topological polar surface area (TPSA) is 56.5 Å². The van der Waals surface area contributed by atoms with Gasteiger partial charge in [0.25, 0.3) is 0 Å². The van der Waals surface area contributed by atoms with E-state index in [0.29, 0.717) is 5.88 Å². The molecule has 0 unspecified atom stereocenters. The van der Waals surface area contributed by atoms with Gasteiger partial charge in [-0.1, -0.05) is 65.6 Å². The van der Waals surface area contributed by atoms with E-state index in [1.807, 2.05) is 12.4 Å². The molecule has 31 heavy (non-hydrogen) atoms. The number of nitrogens with one attached hydrogen (secondary N) is 1. The van der Waals surface area contributed by atoms with Crippen molar-refractivity contribution in [2.45, 2.75) is 18.9 Å². The normalized spacial score (nSPS) is 14.9. The van der Waals surface area contributed by atoms with Gasteiger partial charge in [0.05, 0.1) is 33.1 Å². The summed E-state index contributed by atoms with van der Waals surface area (Å²) in [4.78, 5) is 6.11. The predicted molar refractivity (Wildman–Crippen MR) is 123 cm³/mol. The summed E-state index contributed by atoms with van der Waals surface area (Å²) in [7, 11) is 4.33. The molecule has 1 atom stereocenters. The number of benzene rings is 3. The number of nitrogens with two attached hydrogens (primary N) is 1. The minimum absolute atomic E-state index is 0.0366. The van der Waals surface area contributed by atoms with Crippen LogP contribution in [0.3, 0.4) is 0 Å². The average Bonchev–Trinajstić information content (AvgIpc) is 2.79. The molecule has 0 radical (unpaired) electrons. The van der Waals surface area contributed by atoms with Crippen molar-refractivity contribution < 1.29 is 14.2 Å². The fraction of sp³-hybridized carbons (Fsp3) is 0.231. The molecule has 0 fully saturated rings. The maximum Gasteiger partial charge on any atom is 0.306 e. The molecule has 5 nitrogen and oxygen atoms in total. The molecular weight excluding hydrogens is 384 g/mol. The largest absolute Gasteiger partial charge is 0.426 e. The fourth-order valence-corrected chi connectivity index (χ4v) is 4.54. The lowest BCUT2D eigenvalue weighted by Gasteiger charge is -2.28. The molecule has 0 saturated heterocycles. The monoisotopic (exact) mass is 412 g/mol. The summed E-state index contributed by atoms with van der Waals surface area (Å²) < 4.78 is 8.37. The second-order valence-corrected chi connectivity index (χ2v) is 8.50. The Morgan fingerprint density at radius 3 is 2.55 bits per heavy atom. The Balaban J connectivity index is 1.71. The van der Waals surface area contributed by atoms with E-state index in [1.54, 1.807) is 0 Å². The van der Waals surface area contributed by atoms with Crippen LogP contribution in [0.4, 0.5) is 5.82 Å². The first-order valence-electron chi connectivity index (χ1n) is 10.8.